The molecule has 6 aliphatic rings. The standard InChI is InChI=1S/C23H28Cl2N4O3.C21H26Cl2N4O2.C14H11Cl3N2O2.C9H18N2O.C8H8BrClN2O2.C6H5BCl2O2/c1-4-31-22(30)19-21(29-10-8-23(9-11-29)12-32-14(3)20(23)26)27-13(2)18(28-19)15-6-5-7-16(24)17(15)25;1-12-18(14-4-3-5-15(22)17(14)23)26-16(10-28)20(25-12)27-8-6-21(7-9-27)11-29-13(2)19(21)24;1-3-21-14(20)12-13(17)18-7(2)11(19-12)8-5-4-6-9(15)10(8)16;1-7-8(10)9(6-12-7)2-4-11-5-3-9;1-3-14-8(13)5-7(10)11-4(2)6(9)12-5;8-5-3-1-2-4(6(5)9)7(10)11/h5-7,14,20H,4,8-12,26H2,1-3H3;3-5,13,19,28H,6-11,24H2,1-2H3;4-6H,3H2,1-2H3;7-8,11H,2-6,10H2,1H3;3H2,1-2H3;1-3,10-11H/t14-,20+;13-,19+;;7-,8+;;/m00.0../s1. The van der Waals surface area contributed by atoms with Gasteiger partial charge in [0.15, 0.2) is 39.0 Å². The van der Waals surface area contributed by atoms with E-state index in [1.54, 1.807) is 83.1 Å². The molecule has 0 bridgehead atoms. The molecule has 6 fully saturated rings. The molecule has 0 unspecified atom stereocenters. The average molecular weight is 1900 g/mol. The summed E-state index contributed by atoms with van der Waals surface area (Å²) < 4.78 is 32.7. The van der Waals surface area contributed by atoms with Gasteiger partial charge in [-0.25, -0.2) is 54.3 Å². The van der Waals surface area contributed by atoms with Gasteiger partial charge in [0.2, 0.25) is 0 Å². The highest BCUT2D eigenvalue weighted by atomic mass is 79.9. The Morgan fingerprint density at radius 3 is 1.19 bits per heavy atom. The summed E-state index contributed by atoms with van der Waals surface area (Å²) in [6.45, 7) is 26.6. The molecule has 6 aliphatic heterocycles. The van der Waals surface area contributed by atoms with Gasteiger partial charge in [0.25, 0.3) is 0 Å². The predicted octanol–water partition coefficient (Wildman–Crippen LogP) is 15.6. The molecular formula is C81H96BBrCl10N14O12. The molecule has 10 N–H and O–H groups in total. The summed E-state index contributed by atoms with van der Waals surface area (Å²) in [5.41, 5.74) is 26.3. The van der Waals surface area contributed by atoms with Crippen LogP contribution in [-0.2, 0) is 35.0 Å². The maximum Gasteiger partial charge on any atom is 0.490 e. The fourth-order valence-electron chi connectivity index (χ4n) is 14.8. The summed E-state index contributed by atoms with van der Waals surface area (Å²) >= 11 is 63.5. The molecule has 119 heavy (non-hydrogen) atoms. The van der Waals surface area contributed by atoms with Gasteiger partial charge in [-0.2, -0.15) is 0 Å². The Balaban J connectivity index is 0.000000170. The number of hydrogen-bond donors (Lipinski definition) is 7. The monoisotopic (exact) mass is 1900 g/mol. The van der Waals surface area contributed by atoms with Crippen LogP contribution in [0, 0.1) is 43.9 Å². The van der Waals surface area contributed by atoms with Crippen LogP contribution in [0.1, 0.15) is 140 Å². The Morgan fingerprint density at radius 1 is 0.479 bits per heavy atom. The molecule has 642 valence electrons. The summed E-state index contributed by atoms with van der Waals surface area (Å²) in [7, 11) is -1.57. The van der Waals surface area contributed by atoms with Crippen LogP contribution in [0.25, 0.3) is 33.8 Å². The number of aliphatic hydroxyl groups is 1. The van der Waals surface area contributed by atoms with E-state index in [-0.39, 0.29) is 112 Å². The maximum atomic E-state index is 12.8. The zero-order chi connectivity index (χ0) is 87.1. The van der Waals surface area contributed by atoms with Gasteiger partial charge in [0.1, 0.15) is 10.3 Å². The van der Waals surface area contributed by atoms with Crippen LogP contribution in [0.5, 0.6) is 0 Å². The Labute approximate surface area is 751 Å². The lowest BCUT2D eigenvalue weighted by Gasteiger charge is -2.42. The number of ether oxygens (including phenoxy) is 6. The van der Waals surface area contributed by atoms with Crippen molar-refractivity contribution in [1.82, 2.24) is 45.2 Å². The van der Waals surface area contributed by atoms with Crippen LogP contribution >= 0.6 is 132 Å². The number of aryl methyl sites for hydroxylation is 4. The largest absolute Gasteiger partial charge is 0.490 e. The van der Waals surface area contributed by atoms with Gasteiger partial charge in [-0.15, -0.1) is 0 Å². The third-order valence-corrected chi connectivity index (χ3v) is 26.4. The second-order valence-corrected chi connectivity index (χ2v) is 34.0. The van der Waals surface area contributed by atoms with Crippen molar-refractivity contribution >= 4 is 174 Å². The van der Waals surface area contributed by atoms with Crippen molar-refractivity contribution in [2.45, 2.75) is 151 Å². The van der Waals surface area contributed by atoms with Crippen molar-refractivity contribution in [3.05, 3.63) is 173 Å². The Bertz CT molecular complexity index is 4900. The van der Waals surface area contributed by atoms with E-state index in [1.807, 2.05) is 45.9 Å². The molecule has 3 spiro atoms. The maximum absolute atomic E-state index is 12.8. The van der Waals surface area contributed by atoms with Crippen LogP contribution in [0.2, 0.25) is 50.5 Å². The van der Waals surface area contributed by atoms with E-state index in [9.17, 15) is 19.5 Å². The Kier molecular flexibility index (Phi) is 35.7. The molecule has 6 saturated heterocycles. The topological polar surface area (TPSA) is 367 Å². The summed E-state index contributed by atoms with van der Waals surface area (Å²) in [4.78, 5) is 75.5. The van der Waals surface area contributed by atoms with E-state index in [0.717, 1.165) is 70.0 Å². The average Bonchev–Trinajstić information content (AvgIpc) is 1.59. The zero-order valence-corrected chi connectivity index (χ0v) is 76.4. The highest BCUT2D eigenvalue weighted by molar-refractivity contribution is 9.10. The van der Waals surface area contributed by atoms with Gasteiger partial charge in [-0.05, 0) is 161 Å². The molecule has 0 aliphatic carbocycles. The number of hydrogen-bond acceptors (Lipinski definition) is 26. The lowest BCUT2D eigenvalue weighted by molar-refractivity contribution is 0.0509. The van der Waals surface area contributed by atoms with E-state index in [0.29, 0.717) is 134 Å². The van der Waals surface area contributed by atoms with E-state index in [4.69, 9.17) is 187 Å². The molecule has 6 atom stereocenters. The minimum atomic E-state index is -1.57. The van der Waals surface area contributed by atoms with Crippen molar-refractivity contribution < 1.29 is 58.0 Å². The van der Waals surface area contributed by atoms with Crippen molar-refractivity contribution in [1.29, 1.82) is 0 Å². The van der Waals surface area contributed by atoms with Crippen molar-refractivity contribution in [2.75, 3.05) is 88.7 Å². The van der Waals surface area contributed by atoms with Gasteiger partial charge in [-0.3, -0.25) is 0 Å². The van der Waals surface area contributed by atoms with E-state index in [1.165, 1.54) is 18.9 Å². The van der Waals surface area contributed by atoms with E-state index in [2.05, 4.69) is 62.9 Å². The highest BCUT2D eigenvalue weighted by Gasteiger charge is 2.50. The van der Waals surface area contributed by atoms with E-state index < -0.39 is 25.0 Å². The highest BCUT2D eigenvalue weighted by Crippen LogP contribution is 2.46. The number of rotatable bonds is 13. The van der Waals surface area contributed by atoms with Gasteiger partial charge in [0.05, 0.1) is 145 Å². The molecule has 0 saturated carbocycles. The Morgan fingerprint density at radius 2 is 0.815 bits per heavy atom. The zero-order valence-electron chi connectivity index (χ0n) is 67.3. The fraction of sp³-hybridized carbons (Fsp3) is 0.469. The van der Waals surface area contributed by atoms with Crippen molar-refractivity contribution in [3.8, 4) is 33.8 Å². The number of halogens is 11. The predicted molar refractivity (Wildman–Crippen MR) is 474 cm³/mol. The number of nitrogens with zero attached hydrogens (tertiary/aromatic N) is 10. The van der Waals surface area contributed by atoms with Crippen molar-refractivity contribution in [3.63, 3.8) is 0 Å². The molecule has 26 nitrogen and oxygen atoms in total. The SMILES string of the molecule is CCOC(=O)c1nc(-c2cccc(Cl)c2Cl)c(C)nc1Cl.CCOC(=O)c1nc(-c2cccc(Cl)c2Cl)c(C)nc1N1CCC2(CC1)CO[C@@H](C)[C@H]2N.CCOC(=O)c1nc(Br)c(C)nc1Cl.C[C@@H]1OCC2(CCNCC2)[C@@H]1N.Cc1nc(N2CCC3(CC2)CO[C@@H](C)[C@H]3N)c(CO)nc1-c1cccc(Cl)c1Cl.OB(O)c1cccc(Cl)c1Cl. The van der Waals surface area contributed by atoms with Crippen molar-refractivity contribution in [2.24, 2.45) is 33.4 Å². The smallest absolute Gasteiger partial charge is 0.461 e. The van der Waals surface area contributed by atoms with Gasteiger partial charge in [0, 0.05) is 82.7 Å². The number of piperidine rings is 3. The summed E-state index contributed by atoms with van der Waals surface area (Å²) in [5, 5.41) is 33.8. The minimum absolute atomic E-state index is 0.00662. The van der Waals surface area contributed by atoms with Gasteiger partial charge < -0.3 is 75.9 Å². The summed E-state index contributed by atoms with van der Waals surface area (Å²) in [5.74, 6) is -0.454. The van der Waals surface area contributed by atoms with Gasteiger partial charge >= 0.3 is 25.0 Å². The fourth-order valence-corrected chi connectivity index (χ4v) is 17.1. The number of aromatic nitrogens is 8. The number of carbonyl (C=O) groups is 3. The summed E-state index contributed by atoms with van der Waals surface area (Å²) in [6.07, 6.45) is 6.36. The molecule has 8 aromatic rings. The molecule has 4 aromatic carbocycles. The molecule has 0 amide bonds. The molecule has 4 aromatic heterocycles. The molecular weight excluding hydrogens is 1810 g/mol. The second kappa shape index (κ2) is 43.7. The minimum Gasteiger partial charge on any atom is -0.461 e. The first kappa shape index (κ1) is 97.1. The van der Waals surface area contributed by atoms with Crippen LogP contribution in [0.4, 0.5) is 11.6 Å². The number of nitrogens with two attached hydrogens (primary N) is 3. The number of nitrogens with one attached hydrogen (secondary N) is 1. The third kappa shape index (κ3) is 23.1. The van der Waals surface area contributed by atoms with Gasteiger partial charge in [-0.1, -0.05) is 165 Å². The number of anilines is 2. The van der Waals surface area contributed by atoms with Crippen LogP contribution in [0.3, 0.4) is 0 Å². The van der Waals surface area contributed by atoms with Crippen LogP contribution in [-0.4, -0.2) is 195 Å². The number of benzene rings is 4. The molecule has 10 heterocycles. The molecule has 14 rings (SSSR count). The molecule has 0 radical (unpaired) electrons. The lowest BCUT2D eigenvalue weighted by Crippen LogP contribution is -2.51. The Hall–Kier alpha value is -5.75. The first-order valence-corrected chi connectivity index (χ1v) is 43.2. The first-order valence-electron chi connectivity index (χ1n) is 38.6. The summed E-state index contributed by atoms with van der Waals surface area (Å²) in [6, 6.07) is 20.9. The molecule has 38 heteroatoms. The van der Waals surface area contributed by atoms with Crippen LogP contribution in [0.15, 0.2) is 77.4 Å². The lowest BCUT2D eigenvalue weighted by atomic mass is 9.73. The number of esters is 3. The number of aliphatic hydroxyl groups excluding tert-OH is 1. The normalized spacial score (nSPS) is 19.8. The quantitative estimate of drug-likeness (QED) is 0.0320. The second-order valence-electron chi connectivity index (χ2n) is 29.4. The first-order chi connectivity index (χ1) is 56.5. The number of carbonyl (C=O) groups excluding carboxylic acids is 3. The third-order valence-electron chi connectivity index (χ3n) is 21.9. The van der Waals surface area contributed by atoms with Crippen LogP contribution < -0.4 is 37.8 Å². The van der Waals surface area contributed by atoms with E-state index >= 15 is 0 Å².